The second-order valence-electron chi connectivity index (χ2n) is 7.32. The zero-order chi connectivity index (χ0) is 21.9. The van der Waals surface area contributed by atoms with Crippen molar-refractivity contribution in [2.45, 2.75) is 31.5 Å². The number of aromatic nitrogens is 2. The predicted octanol–water partition coefficient (Wildman–Crippen LogP) is 5.65. The van der Waals surface area contributed by atoms with Crippen molar-refractivity contribution >= 4 is 11.0 Å². The number of nitrogens with zero attached hydrogens (tertiary/aromatic N) is 3. The first-order valence-electron chi connectivity index (χ1n) is 9.36. The molecule has 0 spiro atoms. The number of halogens is 6. The van der Waals surface area contributed by atoms with E-state index in [0.717, 1.165) is 17.6 Å². The Labute approximate surface area is 169 Å². The van der Waals surface area contributed by atoms with Crippen LogP contribution >= 0.6 is 0 Å². The van der Waals surface area contributed by atoms with Gasteiger partial charge in [0.2, 0.25) is 0 Å². The van der Waals surface area contributed by atoms with Crippen molar-refractivity contribution in [3.8, 4) is 0 Å². The van der Waals surface area contributed by atoms with Crippen LogP contribution in [0.15, 0.2) is 48.8 Å². The van der Waals surface area contributed by atoms with Crippen molar-refractivity contribution in [2.75, 3.05) is 13.1 Å². The minimum absolute atomic E-state index is 0.0386. The quantitative estimate of drug-likeness (QED) is 0.491. The van der Waals surface area contributed by atoms with Crippen LogP contribution in [0.2, 0.25) is 0 Å². The van der Waals surface area contributed by atoms with E-state index in [0.29, 0.717) is 6.07 Å². The summed E-state index contributed by atoms with van der Waals surface area (Å²) in [4.78, 5) is 5.78. The molecule has 0 atom stereocenters. The molecule has 0 aliphatic carbocycles. The summed E-state index contributed by atoms with van der Waals surface area (Å²) >= 11 is 0. The fourth-order valence-electron chi connectivity index (χ4n) is 3.28. The molecule has 1 saturated heterocycles. The van der Waals surface area contributed by atoms with Gasteiger partial charge in [-0.1, -0.05) is 12.1 Å². The average molecular weight is 429 g/mol. The number of imidazole rings is 1. The average Bonchev–Trinajstić information content (AvgIpc) is 3.04. The molecular formula is C21H21F6N3. The lowest BCUT2D eigenvalue weighted by atomic mass is 10.0. The molecule has 0 radical (unpaired) electrons. The maximum atomic E-state index is 13.2. The number of alkyl halides is 5. The Morgan fingerprint density at radius 1 is 1.03 bits per heavy atom. The molecule has 0 saturated carbocycles. The van der Waals surface area contributed by atoms with Gasteiger partial charge in [-0.2, -0.15) is 13.2 Å². The number of rotatable bonds is 2. The minimum Gasteiger partial charge on any atom is -0.334 e. The van der Waals surface area contributed by atoms with E-state index in [2.05, 4.69) is 11.1 Å². The van der Waals surface area contributed by atoms with E-state index >= 15 is 0 Å². The second kappa shape index (κ2) is 8.67. The molecule has 1 aliphatic heterocycles. The summed E-state index contributed by atoms with van der Waals surface area (Å²) in [5, 5.41) is 0. The molecule has 1 aliphatic rings. The molecule has 0 unspecified atom stereocenters. The lowest BCUT2D eigenvalue weighted by molar-refractivity contribution is -0.137. The fourth-order valence-corrected chi connectivity index (χ4v) is 3.28. The molecule has 1 aromatic heterocycles. The summed E-state index contributed by atoms with van der Waals surface area (Å²) < 4.78 is 78.8. The van der Waals surface area contributed by atoms with E-state index in [-0.39, 0.29) is 38.0 Å². The van der Waals surface area contributed by atoms with Crippen LogP contribution in [0.3, 0.4) is 0 Å². The highest BCUT2D eigenvalue weighted by molar-refractivity contribution is 5.74. The van der Waals surface area contributed by atoms with Crippen molar-refractivity contribution in [3.05, 3.63) is 65.7 Å². The summed E-state index contributed by atoms with van der Waals surface area (Å²) in [6, 6.07) is 10.4. The van der Waals surface area contributed by atoms with Crippen LogP contribution in [0.25, 0.3) is 11.0 Å². The molecule has 0 bridgehead atoms. The summed E-state index contributed by atoms with van der Waals surface area (Å²) in [7, 11) is 2.00. The van der Waals surface area contributed by atoms with Crippen molar-refractivity contribution in [3.63, 3.8) is 0 Å². The van der Waals surface area contributed by atoms with Crippen LogP contribution < -0.4 is 0 Å². The van der Waals surface area contributed by atoms with Gasteiger partial charge >= 0.3 is 6.18 Å². The smallest absolute Gasteiger partial charge is 0.334 e. The number of para-hydroxylation sites is 2. The van der Waals surface area contributed by atoms with Crippen LogP contribution in [0.5, 0.6) is 0 Å². The fraction of sp³-hybridized carbons (Fsp3) is 0.381. The lowest BCUT2D eigenvalue weighted by Crippen LogP contribution is -2.38. The first kappa shape index (κ1) is 22.1. The number of piperidine rings is 1. The van der Waals surface area contributed by atoms with Crippen molar-refractivity contribution < 1.29 is 26.3 Å². The van der Waals surface area contributed by atoms with Crippen LogP contribution in [0.1, 0.15) is 24.0 Å². The van der Waals surface area contributed by atoms with Crippen LogP contribution in [0, 0.1) is 5.82 Å². The highest BCUT2D eigenvalue weighted by atomic mass is 19.4. The van der Waals surface area contributed by atoms with Gasteiger partial charge in [0.15, 0.2) is 0 Å². The van der Waals surface area contributed by atoms with Gasteiger partial charge in [-0.05, 0) is 35.9 Å². The Kier molecular flexibility index (Phi) is 6.40. The van der Waals surface area contributed by atoms with Gasteiger partial charge in [0.1, 0.15) is 5.82 Å². The van der Waals surface area contributed by atoms with E-state index in [1.165, 1.54) is 5.52 Å². The molecule has 9 heteroatoms. The molecule has 0 amide bonds. The second-order valence-corrected chi connectivity index (χ2v) is 7.32. The maximum absolute atomic E-state index is 13.2. The van der Waals surface area contributed by atoms with Gasteiger partial charge < -0.3 is 4.57 Å². The Balaban J connectivity index is 0.000000212. The van der Waals surface area contributed by atoms with E-state index in [4.69, 9.17) is 0 Å². The lowest BCUT2D eigenvalue weighted by Gasteiger charge is -2.31. The molecule has 2 aromatic carbocycles. The number of benzene rings is 2. The van der Waals surface area contributed by atoms with Gasteiger partial charge in [-0.3, -0.25) is 4.90 Å². The first-order valence-corrected chi connectivity index (χ1v) is 9.36. The van der Waals surface area contributed by atoms with Gasteiger partial charge in [-0.25, -0.2) is 18.2 Å². The monoisotopic (exact) mass is 429 g/mol. The molecule has 4 rings (SSSR count). The zero-order valence-corrected chi connectivity index (χ0v) is 16.3. The molecule has 3 aromatic rings. The first-order chi connectivity index (χ1) is 14.0. The maximum Gasteiger partial charge on any atom is 0.416 e. The van der Waals surface area contributed by atoms with Gasteiger partial charge in [0.25, 0.3) is 5.92 Å². The zero-order valence-electron chi connectivity index (χ0n) is 16.3. The van der Waals surface area contributed by atoms with E-state index < -0.39 is 23.5 Å². The van der Waals surface area contributed by atoms with Crippen LogP contribution in [-0.4, -0.2) is 33.5 Å². The van der Waals surface area contributed by atoms with Crippen molar-refractivity contribution in [1.29, 1.82) is 0 Å². The standard InChI is InChI=1S/C13H13F6N.C8H8N2/c14-11-6-9(5-10(7-11)13(17,18)19)8-20-3-1-12(15,16)2-4-20;1-10-6-9-7-4-2-3-5-8(7)10/h5-7H,1-4,8H2;2-6H,1H3. The molecule has 3 nitrogen and oxygen atoms in total. The van der Waals surface area contributed by atoms with Gasteiger partial charge in [0, 0.05) is 39.5 Å². The number of hydrogen-bond donors (Lipinski definition) is 0. The van der Waals surface area contributed by atoms with Crippen molar-refractivity contribution in [2.24, 2.45) is 7.05 Å². The van der Waals surface area contributed by atoms with Crippen LogP contribution in [0.4, 0.5) is 26.3 Å². The Bertz CT molecular complexity index is 986. The Morgan fingerprint density at radius 3 is 2.33 bits per heavy atom. The van der Waals surface area contributed by atoms with Gasteiger partial charge in [-0.15, -0.1) is 0 Å². The number of hydrogen-bond acceptors (Lipinski definition) is 2. The summed E-state index contributed by atoms with van der Waals surface area (Å²) in [6.07, 6.45) is -3.45. The normalized spacial score (nSPS) is 16.9. The summed E-state index contributed by atoms with van der Waals surface area (Å²) in [5.74, 6) is -3.69. The third kappa shape index (κ3) is 5.75. The highest BCUT2D eigenvalue weighted by Gasteiger charge is 2.34. The topological polar surface area (TPSA) is 21.1 Å². The third-order valence-electron chi connectivity index (χ3n) is 4.91. The van der Waals surface area contributed by atoms with Crippen molar-refractivity contribution in [1.82, 2.24) is 14.5 Å². The SMILES string of the molecule is Cn1cnc2ccccc21.Fc1cc(CN2CCC(F)(F)CC2)cc(C(F)(F)F)c1. The third-order valence-corrected chi connectivity index (χ3v) is 4.91. The Morgan fingerprint density at radius 2 is 1.70 bits per heavy atom. The van der Waals surface area contributed by atoms with Crippen LogP contribution in [-0.2, 0) is 19.8 Å². The van der Waals surface area contributed by atoms with E-state index in [1.54, 1.807) is 4.90 Å². The highest BCUT2D eigenvalue weighted by Crippen LogP contribution is 2.32. The van der Waals surface area contributed by atoms with Gasteiger partial charge in [0.05, 0.1) is 22.9 Å². The number of aryl methyl sites for hydroxylation is 1. The molecular weight excluding hydrogens is 408 g/mol. The largest absolute Gasteiger partial charge is 0.416 e. The number of fused-ring (bicyclic) bond motifs is 1. The van der Waals surface area contributed by atoms with E-state index in [1.807, 2.05) is 36.1 Å². The predicted molar refractivity (Wildman–Crippen MR) is 102 cm³/mol. The number of likely N-dealkylation sites (tertiary alicyclic amines) is 1. The molecule has 1 fully saturated rings. The molecule has 0 N–H and O–H groups in total. The summed E-state index contributed by atoms with van der Waals surface area (Å²) in [5.41, 5.74) is 1.32. The molecule has 2 heterocycles. The molecule has 30 heavy (non-hydrogen) atoms. The van der Waals surface area contributed by atoms with E-state index in [9.17, 15) is 26.3 Å². The minimum atomic E-state index is -4.62. The molecule has 162 valence electrons. The Hall–Kier alpha value is -2.55. The summed E-state index contributed by atoms with van der Waals surface area (Å²) in [6.45, 7) is 0.215.